The van der Waals surface area contributed by atoms with Crippen molar-refractivity contribution in [3.05, 3.63) is 0 Å². The van der Waals surface area contributed by atoms with Gasteiger partial charge >= 0.3 is 0 Å². The van der Waals surface area contributed by atoms with E-state index in [1.54, 1.807) is 25.7 Å². The van der Waals surface area contributed by atoms with E-state index in [0.29, 0.717) is 0 Å². The van der Waals surface area contributed by atoms with E-state index in [-0.39, 0.29) is 0 Å². The zero-order valence-electron chi connectivity index (χ0n) is 12.9. The van der Waals surface area contributed by atoms with Gasteiger partial charge in [0.25, 0.3) is 0 Å². The first-order valence-corrected chi connectivity index (χ1v) is 9.10. The second-order valence-corrected chi connectivity index (χ2v) is 7.62. The molecule has 1 N–H and O–H groups in total. The monoisotopic (exact) mass is 263 g/mol. The van der Waals surface area contributed by atoms with E-state index in [4.69, 9.17) is 0 Å². The van der Waals surface area contributed by atoms with Crippen molar-refractivity contribution >= 4 is 0 Å². The fraction of sp³-hybridized carbons (Fsp3) is 1.00. The third-order valence-electron chi connectivity index (χ3n) is 6.36. The molecule has 4 atom stereocenters. The van der Waals surface area contributed by atoms with Crippen molar-refractivity contribution in [1.82, 2.24) is 5.32 Å². The van der Waals surface area contributed by atoms with Crippen LogP contribution in [0.4, 0.5) is 0 Å². The fourth-order valence-corrected chi connectivity index (χ4v) is 5.32. The van der Waals surface area contributed by atoms with E-state index in [9.17, 15) is 0 Å². The molecule has 0 aliphatic heterocycles. The number of hydrogen-bond donors (Lipinski definition) is 1. The Bertz CT molecular complexity index is 269. The molecule has 3 aliphatic carbocycles. The Morgan fingerprint density at radius 1 is 1.05 bits per heavy atom. The van der Waals surface area contributed by atoms with Gasteiger partial charge in [-0.15, -0.1) is 0 Å². The molecule has 0 aromatic carbocycles. The van der Waals surface area contributed by atoms with Gasteiger partial charge in [0.1, 0.15) is 0 Å². The molecule has 3 aliphatic rings. The quantitative estimate of drug-likeness (QED) is 0.698. The van der Waals surface area contributed by atoms with Gasteiger partial charge in [0, 0.05) is 6.04 Å². The van der Waals surface area contributed by atoms with Crippen LogP contribution < -0.4 is 5.32 Å². The maximum atomic E-state index is 3.88. The maximum Gasteiger partial charge on any atom is 0.00954 e. The first-order valence-electron chi connectivity index (χ1n) is 9.10. The molecule has 110 valence electrons. The third-order valence-corrected chi connectivity index (χ3v) is 6.36. The Kier molecular flexibility index (Phi) is 4.84. The molecule has 0 amide bonds. The van der Waals surface area contributed by atoms with E-state index in [1.807, 2.05) is 0 Å². The summed E-state index contributed by atoms with van der Waals surface area (Å²) in [6, 6.07) is 0.849. The minimum absolute atomic E-state index is 0.849. The summed E-state index contributed by atoms with van der Waals surface area (Å²) in [7, 11) is 0. The van der Waals surface area contributed by atoms with Crippen molar-refractivity contribution in [3.63, 3.8) is 0 Å². The lowest BCUT2D eigenvalue weighted by Crippen LogP contribution is -2.36. The summed E-state index contributed by atoms with van der Waals surface area (Å²) in [4.78, 5) is 0. The van der Waals surface area contributed by atoms with Crippen LogP contribution in [-0.2, 0) is 0 Å². The predicted octanol–water partition coefficient (Wildman–Crippen LogP) is 4.76. The van der Waals surface area contributed by atoms with Crippen LogP contribution in [0.1, 0.15) is 77.6 Å². The Labute approximate surface area is 119 Å². The van der Waals surface area contributed by atoms with Crippen molar-refractivity contribution in [2.24, 2.45) is 23.7 Å². The lowest BCUT2D eigenvalue weighted by molar-refractivity contribution is 0.264. The van der Waals surface area contributed by atoms with E-state index in [2.05, 4.69) is 12.2 Å². The summed E-state index contributed by atoms with van der Waals surface area (Å²) >= 11 is 0. The zero-order chi connectivity index (χ0) is 13.1. The average Bonchev–Trinajstić information content (AvgIpc) is 3.15. The number of hydrogen-bond acceptors (Lipinski definition) is 1. The van der Waals surface area contributed by atoms with Crippen LogP contribution >= 0.6 is 0 Å². The summed E-state index contributed by atoms with van der Waals surface area (Å²) in [6.45, 7) is 3.53. The van der Waals surface area contributed by atoms with Crippen molar-refractivity contribution in [1.29, 1.82) is 0 Å². The minimum Gasteiger partial charge on any atom is -0.314 e. The van der Waals surface area contributed by atoms with Gasteiger partial charge in [-0.2, -0.15) is 0 Å². The van der Waals surface area contributed by atoms with Gasteiger partial charge in [0.15, 0.2) is 0 Å². The highest BCUT2D eigenvalue weighted by Crippen LogP contribution is 2.50. The van der Waals surface area contributed by atoms with Crippen LogP contribution in [0.25, 0.3) is 0 Å². The van der Waals surface area contributed by atoms with E-state index in [1.165, 1.54) is 51.5 Å². The summed E-state index contributed by atoms with van der Waals surface area (Å²) < 4.78 is 0. The van der Waals surface area contributed by atoms with Crippen LogP contribution in [0.3, 0.4) is 0 Å². The lowest BCUT2D eigenvalue weighted by Gasteiger charge is -2.28. The van der Waals surface area contributed by atoms with E-state index >= 15 is 0 Å². The molecule has 0 spiro atoms. The second kappa shape index (κ2) is 6.61. The minimum atomic E-state index is 0.849. The lowest BCUT2D eigenvalue weighted by atomic mass is 9.82. The molecular weight excluding hydrogens is 230 g/mol. The predicted molar refractivity (Wildman–Crippen MR) is 82.2 cm³/mol. The molecule has 0 aromatic rings. The molecule has 0 radical (unpaired) electrons. The molecule has 3 saturated carbocycles. The first-order chi connectivity index (χ1) is 9.36. The molecule has 0 heterocycles. The highest BCUT2D eigenvalue weighted by atomic mass is 14.9. The summed E-state index contributed by atoms with van der Waals surface area (Å²) in [5, 5.41) is 3.88. The second-order valence-electron chi connectivity index (χ2n) is 7.62. The summed E-state index contributed by atoms with van der Waals surface area (Å²) in [5.41, 5.74) is 0. The Morgan fingerprint density at radius 3 is 2.53 bits per heavy atom. The van der Waals surface area contributed by atoms with Gasteiger partial charge in [-0.05, 0) is 81.6 Å². The van der Waals surface area contributed by atoms with Crippen molar-refractivity contribution < 1.29 is 0 Å². The first kappa shape index (κ1) is 13.9. The van der Waals surface area contributed by atoms with Gasteiger partial charge in [-0.1, -0.05) is 26.2 Å². The largest absolute Gasteiger partial charge is 0.314 e. The molecule has 19 heavy (non-hydrogen) atoms. The van der Waals surface area contributed by atoms with Gasteiger partial charge in [0.2, 0.25) is 0 Å². The molecule has 4 unspecified atom stereocenters. The molecule has 1 heteroatoms. The van der Waals surface area contributed by atoms with Crippen molar-refractivity contribution in [3.8, 4) is 0 Å². The molecule has 1 nitrogen and oxygen atoms in total. The summed E-state index contributed by atoms with van der Waals surface area (Å²) in [6.07, 6.45) is 16.5. The van der Waals surface area contributed by atoms with Crippen LogP contribution in [0.2, 0.25) is 0 Å². The van der Waals surface area contributed by atoms with Crippen LogP contribution in [-0.4, -0.2) is 12.6 Å². The molecular formula is C18H33N. The fourth-order valence-electron chi connectivity index (χ4n) is 5.32. The zero-order valence-corrected chi connectivity index (χ0v) is 12.9. The highest BCUT2D eigenvalue weighted by molar-refractivity contribution is 4.91. The normalized spacial score (nSPS) is 36.2. The van der Waals surface area contributed by atoms with Crippen molar-refractivity contribution in [2.45, 2.75) is 83.6 Å². The van der Waals surface area contributed by atoms with Crippen molar-refractivity contribution in [2.75, 3.05) is 6.54 Å². The maximum absolute atomic E-state index is 3.88. The average molecular weight is 263 g/mol. The smallest absolute Gasteiger partial charge is 0.00954 e. The number of nitrogens with one attached hydrogen (secondary N) is 1. The molecule has 0 aromatic heterocycles. The molecule has 0 saturated heterocycles. The number of fused-ring (bicyclic) bond motifs is 2. The standard InChI is InChI=1S/C18H33N/c1-2-11-19-18(15-5-3-4-6-15)10-9-17-13-14-7-8-16(17)12-14/h14-19H,2-13H2,1H3. The Hall–Kier alpha value is -0.0400. The van der Waals surface area contributed by atoms with E-state index in [0.717, 1.165) is 29.7 Å². The Balaban J connectivity index is 1.46. The van der Waals surface area contributed by atoms with Gasteiger partial charge in [0.05, 0.1) is 0 Å². The van der Waals surface area contributed by atoms with Gasteiger partial charge in [-0.25, -0.2) is 0 Å². The highest BCUT2D eigenvalue weighted by Gasteiger charge is 2.39. The molecule has 3 rings (SSSR count). The third kappa shape index (κ3) is 3.35. The van der Waals surface area contributed by atoms with Crippen LogP contribution in [0.15, 0.2) is 0 Å². The van der Waals surface area contributed by atoms with Crippen LogP contribution in [0, 0.1) is 23.7 Å². The Morgan fingerprint density at radius 2 is 1.89 bits per heavy atom. The SMILES string of the molecule is CCCNC(CCC1CC2CCC1C2)C1CCCC1. The number of rotatable bonds is 7. The van der Waals surface area contributed by atoms with Gasteiger partial charge in [-0.3, -0.25) is 0 Å². The molecule has 3 fully saturated rings. The molecule has 2 bridgehead atoms. The van der Waals surface area contributed by atoms with Gasteiger partial charge < -0.3 is 5.32 Å². The van der Waals surface area contributed by atoms with E-state index < -0.39 is 0 Å². The summed E-state index contributed by atoms with van der Waals surface area (Å²) in [5.74, 6) is 4.36. The topological polar surface area (TPSA) is 12.0 Å². The van der Waals surface area contributed by atoms with Crippen LogP contribution in [0.5, 0.6) is 0 Å².